The number of amides is 1. The molecule has 1 heterocycles. The molecular formula is C18H23FN2O. The average Bonchev–Trinajstić information content (AvgIpc) is 2.98. The second-order valence-corrected chi connectivity index (χ2v) is 6.23. The molecule has 0 spiro atoms. The van der Waals surface area contributed by atoms with Gasteiger partial charge in [-0.3, -0.25) is 4.79 Å². The lowest BCUT2D eigenvalue weighted by Crippen LogP contribution is -2.36. The highest BCUT2D eigenvalue weighted by molar-refractivity contribution is 5.98. The first kappa shape index (κ1) is 15.1. The summed E-state index contributed by atoms with van der Waals surface area (Å²) in [6.07, 6.45) is 6.29. The molecule has 0 unspecified atom stereocenters. The maximum Gasteiger partial charge on any atom is 0.270 e. The van der Waals surface area contributed by atoms with E-state index in [2.05, 4.69) is 4.98 Å². The van der Waals surface area contributed by atoms with Crippen LogP contribution in [-0.4, -0.2) is 28.9 Å². The van der Waals surface area contributed by atoms with Gasteiger partial charge in [-0.25, -0.2) is 4.39 Å². The van der Waals surface area contributed by atoms with Crippen LogP contribution >= 0.6 is 0 Å². The Kier molecular flexibility index (Phi) is 4.46. The molecule has 1 fully saturated rings. The molecule has 1 aliphatic rings. The Bertz CT molecular complexity index is 658. The number of nitrogens with one attached hydrogen (secondary N) is 1. The van der Waals surface area contributed by atoms with E-state index in [4.69, 9.17) is 0 Å². The number of hydrogen-bond acceptors (Lipinski definition) is 1. The van der Waals surface area contributed by atoms with Crippen molar-refractivity contribution in [1.82, 2.24) is 9.88 Å². The zero-order chi connectivity index (χ0) is 15.5. The van der Waals surface area contributed by atoms with Gasteiger partial charge in [-0.2, -0.15) is 0 Å². The third-order valence-electron chi connectivity index (χ3n) is 4.71. The standard InChI is InChI=1S/C18H23FN2O/c1-2-21(12-13-7-4-3-5-8-13)18(22)16-11-14-9-6-10-15(19)17(14)20-16/h6,9-11,13,20H,2-5,7-8,12H2,1H3. The van der Waals surface area contributed by atoms with Crippen molar-refractivity contribution in [2.24, 2.45) is 5.92 Å². The van der Waals surface area contributed by atoms with E-state index < -0.39 is 0 Å². The Morgan fingerprint density at radius 2 is 2.09 bits per heavy atom. The van der Waals surface area contributed by atoms with Gasteiger partial charge in [0, 0.05) is 18.5 Å². The molecule has 0 saturated heterocycles. The van der Waals surface area contributed by atoms with Gasteiger partial charge in [0.2, 0.25) is 0 Å². The van der Waals surface area contributed by atoms with Crippen molar-refractivity contribution in [1.29, 1.82) is 0 Å². The summed E-state index contributed by atoms with van der Waals surface area (Å²) in [7, 11) is 0. The van der Waals surface area contributed by atoms with Gasteiger partial charge in [-0.15, -0.1) is 0 Å². The van der Waals surface area contributed by atoms with Crippen LogP contribution in [0.3, 0.4) is 0 Å². The van der Waals surface area contributed by atoms with Gasteiger partial charge >= 0.3 is 0 Å². The summed E-state index contributed by atoms with van der Waals surface area (Å²) in [5.74, 6) is 0.273. The molecule has 4 heteroatoms. The number of halogens is 1. The zero-order valence-corrected chi connectivity index (χ0v) is 13.1. The summed E-state index contributed by atoms with van der Waals surface area (Å²) >= 11 is 0. The molecule has 3 rings (SSSR count). The minimum Gasteiger partial charge on any atom is -0.348 e. The molecule has 2 aromatic rings. The molecule has 1 saturated carbocycles. The van der Waals surface area contributed by atoms with E-state index in [1.807, 2.05) is 17.9 Å². The number of aromatic amines is 1. The van der Waals surface area contributed by atoms with E-state index in [0.717, 1.165) is 11.9 Å². The van der Waals surface area contributed by atoms with Crippen molar-refractivity contribution in [3.05, 3.63) is 35.8 Å². The molecular weight excluding hydrogens is 279 g/mol. The number of H-pyrrole nitrogens is 1. The molecule has 0 atom stereocenters. The van der Waals surface area contributed by atoms with Crippen molar-refractivity contribution < 1.29 is 9.18 Å². The van der Waals surface area contributed by atoms with Crippen molar-refractivity contribution in [2.45, 2.75) is 39.0 Å². The highest BCUT2D eigenvalue weighted by Gasteiger charge is 2.22. The van der Waals surface area contributed by atoms with E-state index in [9.17, 15) is 9.18 Å². The van der Waals surface area contributed by atoms with Crippen LogP contribution in [0.25, 0.3) is 10.9 Å². The highest BCUT2D eigenvalue weighted by atomic mass is 19.1. The number of aromatic nitrogens is 1. The largest absolute Gasteiger partial charge is 0.348 e. The number of hydrogen-bond donors (Lipinski definition) is 1. The fourth-order valence-corrected chi connectivity index (χ4v) is 3.44. The molecule has 22 heavy (non-hydrogen) atoms. The van der Waals surface area contributed by atoms with Crippen LogP contribution in [0.4, 0.5) is 4.39 Å². The molecule has 1 aliphatic carbocycles. The third-order valence-corrected chi connectivity index (χ3v) is 4.71. The molecule has 0 bridgehead atoms. The minimum atomic E-state index is -0.313. The molecule has 0 radical (unpaired) electrons. The van der Waals surface area contributed by atoms with Crippen molar-refractivity contribution in [3.63, 3.8) is 0 Å². The fraction of sp³-hybridized carbons (Fsp3) is 0.500. The van der Waals surface area contributed by atoms with E-state index in [1.54, 1.807) is 12.1 Å². The first-order chi connectivity index (χ1) is 10.7. The lowest BCUT2D eigenvalue weighted by molar-refractivity contribution is 0.0719. The Labute approximate surface area is 130 Å². The quantitative estimate of drug-likeness (QED) is 0.895. The van der Waals surface area contributed by atoms with Crippen LogP contribution in [0.5, 0.6) is 0 Å². The Morgan fingerprint density at radius 1 is 1.32 bits per heavy atom. The van der Waals surface area contributed by atoms with E-state index in [1.165, 1.54) is 38.2 Å². The summed E-state index contributed by atoms with van der Waals surface area (Å²) in [6, 6.07) is 6.65. The SMILES string of the molecule is CCN(CC1CCCCC1)C(=O)c1cc2cccc(F)c2[nH]1. The second kappa shape index (κ2) is 6.51. The molecule has 1 aromatic heterocycles. The summed E-state index contributed by atoms with van der Waals surface area (Å²) in [5, 5.41) is 0.747. The summed E-state index contributed by atoms with van der Waals surface area (Å²) in [5.41, 5.74) is 0.900. The van der Waals surface area contributed by atoms with Gasteiger partial charge in [-0.05, 0) is 37.8 Å². The maximum atomic E-state index is 13.8. The van der Waals surface area contributed by atoms with E-state index in [-0.39, 0.29) is 11.7 Å². The predicted molar refractivity (Wildman–Crippen MR) is 86.4 cm³/mol. The molecule has 1 N–H and O–H groups in total. The zero-order valence-electron chi connectivity index (χ0n) is 13.1. The second-order valence-electron chi connectivity index (χ2n) is 6.23. The van der Waals surface area contributed by atoms with Gasteiger partial charge in [0.25, 0.3) is 5.91 Å². The minimum absolute atomic E-state index is 0.0244. The van der Waals surface area contributed by atoms with Crippen molar-refractivity contribution >= 4 is 16.8 Å². The van der Waals surface area contributed by atoms with Crippen LogP contribution < -0.4 is 0 Å². The number of carbonyl (C=O) groups excluding carboxylic acids is 1. The topological polar surface area (TPSA) is 36.1 Å². The van der Waals surface area contributed by atoms with Crippen LogP contribution in [0, 0.1) is 11.7 Å². The van der Waals surface area contributed by atoms with Crippen LogP contribution in [-0.2, 0) is 0 Å². The first-order valence-corrected chi connectivity index (χ1v) is 8.25. The third kappa shape index (κ3) is 3.01. The van der Waals surface area contributed by atoms with Gasteiger partial charge in [0.1, 0.15) is 11.5 Å². The number of benzene rings is 1. The Balaban J connectivity index is 1.78. The van der Waals surface area contributed by atoms with E-state index in [0.29, 0.717) is 23.7 Å². The van der Waals surface area contributed by atoms with Crippen LogP contribution in [0.1, 0.15) is 49.5 Å². The Morgan fingerprint density at radius 3 is 2.77 bits per heavy atom. The number of para-hydroxylation sites is 1. The predicted octanol–water partition coefficient (Wildman–Crippen LogP) is 4.35. The number of carbonyl (C=O) groups is 1. The first-order valence-electron chi connectivity index (χ1n) is 8.25. The van der Waals surface area contributed by atoms with Crippen LogP contribution in [0.15, 0.2) is 24.3 Å². The molecule has 0 aliphatic heterocycles. The highest BCUT2D eigenvalue weighted by Crippen LogP contribution is 2.25. The molecule has 1 aromatic carbocycles. The maximum absolute atomic E-state index is 13.8. The van der Waals surface area contributed by atoms with E-state index >= 15 is 0 Å². The lowest BCUT2D eigenvalue weighted by Gasteiger charge is -2.28. The van der Waals surface area contributed by atoms with Gasteiger partial charge in [0.15, 0.2) is 0 Å². The van der Waals surface area contributed by atoms with Gasteiger partial charge in [-0.1, -0.05) is 31.4 Å². The van der Waals surface area contributed by atoms with Crippen molar-refractivity contribution in [2.75, 3.05) is 13.1 Å². The van der Waals surface area contributed by atoms with Gasteiger partial charge in [0.05, 0.1) is 5.52 Å². The van der Waals surface area contributed by atoms with Crippen LogP contribution in [0.2, 0.25) is 0 Å². The molecule has 1 amide bonds. The normalized spacial score (nSPS) is 16.1. The summed E-state index contributed by atoms with van der Waals surface area (Å²) < 4.78 is 13.8. The van der Waals surface area contributed by atoms with Crippen molar-refractivity contribution in [3.8, 4) is 0 Å². The lowest BCUT2D eigenvalue weighted by atomic mass is 9.89. The summed E-state index contributed by atoms with van der Waals surface area (Å²) in [4.78, 5) is 17.5. The smallest absolute Gasteiger partial charge is 0.270 e. The number of rotatable bonds is 4. The number of fused-ring (bicyclic) bond motifs is 1. The summed E-state index contributed by atoms with van der Waals surface area (Å²) in [6.45, 7) is 3.50. The molecule has 118 valence electrons. The van der Waals surface area contributed by atoms with Gasteiger partial charge < -0.3 is 9.88 Å². The fourth-order valence-electron chi connectivity index (χ4n) is 3.44. The number of nitrogens with zero attached hydrogens (tertiary/aromatic N) is 1. The Hall–Kier alpha value is -1.84. The monoisotopic (exact) mass is 302 g/mol. The average molecular weight is 302 g/mol. The molecule has 3 nitrogen and oxygen atoms in total.